The van der Waals surface area contributed by atoms with Crippen LogP contribution in [0.4, 0.5) is 14.5 Å². The molecule has 0 spiro atoms. The van der Waals surface area contributed by atoms with Crippen molar-refractivity contribution in [1.29, 1.82) is 0 Å². The van der Waals surface area contributed by atoms with Crippen LogP contribution in [0.3, 0.4) is 0 Å². The van der Waals surface area contributed by atoms with Crippen molar-refractivity contribution in [2.75, 3.05) is 31.6 Å². The SMILES string of the molecule is C=C(CC)N1[C@H](c2ncc(NC3CN(CCCF)C3)cc2F)c2[nH]c3ccccc3c2C[C@H]1C. The van der Waals surface area contributed by atoms with Gasteiger partial charge >= 0.3 is 0 Å². The second-order valence-electron chi connectivity index (χ2n) is 9.58. The lowest BCUT2D eigenvalue weighted by atomic mass is 9.89. The molecule has 2 N–H and O–H groups in total. The molecule has 3 aromatic rings. The number of alkyl halides is 1. The Kier molecular flexibility index (Phi) is 6.30. The molecule has 1 saturated heterocycles. The van der Waals surface area contributed by atoms with Crippen LogP contribution in [0.15, 0.2) is 48.8 Å². The highest BCUT2D eigenvalue weighted by Crippen LogP contribution is 2.43. The number of nitrogens with zero attached hydrogens (tertiary/aromatic N) is 3. The van der Waals surface area contributed by atoms with Gasteiger partial charge in [0, 0.05) is 54.0 Å². The lowest BCUT2D eigenvalue weighted by Gasteiger charge is -2.43. The van der Waals surface area contributed by atoms with Crippen LogP contribution in [0.1, 0.15) is 49.7 Å². The molecule has 4 heterocycles. The number of benzene rings is 1. The number of H-pyrrole nitrogens is 1. The zero-order chi connectivity index (χ0) is 23.8. The van der Waals surface area contributed by atoms with Crippen LogP contribution in [0.25, 0.3) is 10.9 Å². The average Bonchev–Trinajstić information content (AvgIpc) is 3.17. The van der Waals surface area contributed by atoms with Crippen molar-refractivity contribution in [1.82, 2.24) is 19.8 Å². The van der Waals surface area contributed by atoms with E-state index >= 15 is 4.39 Å². The Morgan fingerprint density at radius 3 is 2.82 bits per heavy atom. The first kappa shape index (κ1) is 22.8. The Labute approximate surface area is 199 Å². The van der Waals surface area contributed by atoms with Gasteiger partial charge in [-0.1, -0.05) is 31.7 Å². The molecule has 0 unspecified atom stereocenters. The Morgan fingerprint density at radius 2 is 2.09 bits per heavy atom. The topological polar surface area (TPSA) is 47.2 Å². The van der Waals surface area contributed by atoms with Gasteiger partial charge in [0.2, 0.25) is 0 Å². The van der Waals surface area contributed by atoms with Crippen molar-refractivity contribution in [2.24, 2.45) is 0 Å². The Bertz CT molecular complexity index is 1180. The fourth-order valence-electron chi connectivity index (χ4n) is 5.50. The number of para-hydroxylation sites is 1. The first-order chi connectivity index (χ1) is 16.5. The quantitative estimate of drug-likeness (QED) is 0.467. The van der Waals surface area contributed by atoms with Crippen molar-refractivity contribution in [3.05, 3.63) is 71.6 Å². The van der Waals surface area contributed by atoms with Crippen LogP contribution >= 0.6 is 0 Å². The molecule has 0 radical (unpaired) electrons. The van der Waals surface area contributed by atoms with Crippen molar-refractivity contribution < 1.29 is 8.78 Å². The fourth-order valence-corrected chi connectivity index (χ4v) is 5.50. The number of allylic oxidation sites excluding steroid dienone is 1. The molecule has 2 atom stereocenters. The van der Waals surface area contributed by atoms with Crippen LogP contribution in [-0.4, -0.2) is 58.2 Å². The number of rotatable bonds is 8. The highest BCUT2D eigenvalue weighted by atomic mass is 19.1. The Hall–Kier alpha value is -2.93. The van der Waals surface area contributed by atoms with Gasteiger partial charge < -0.3 is 15.2 Å². The van der Waals surface area contributed by atoms with Crippen LogP contribution in [0, 0.1) is 5.82 Å². The number of aromatic amines is 1. The summed E-state index contributed by atoms with van der Waals surface area (Å²) < 4.78 is 28.0. The van der Waals surface area contributed by atoms with E-state index in [1.54, 1.807) is 12.3 Å². The van der Waals surface area contributed by atoms with Gasteiger partial charge in [-0.05, 0) is 37.8 Å². The van der Waals surface area contributed by atoms with Crippen LogP contribution in [-0.2, 0) is 6.42 Å². The van der Waals surface area contributed by atoms with Gasteiger partial charge in [0.05, 0.1) is 24.6 Å². The maximum atomic E-state index is 15.6. The van der Waals surface area contributed by atoms with Gasteiger partial charge in [-0.2, -0.15) is 0 Å². The van der Waals surface area contributed by atoms with E-state index in [0.717, 1.165) is 49.4 Å². The van der Waals surface area contributed by atoms with Crippen LogP contribution in [0.5, 0.6) is 0 Å². The first-order valence-electron chi connectivity index (χ1n) is 12.3. The number of aromatic nitrogens is 2. The molecule has 7 heteroatoms. The molecule has 0 saturated carbocycles. The van der Waals surface area contributed by atoms with E-state index in [1.165, 1.54) is 10.9 Å². The van der Waals surface area contributed by atoms with E-state index in [1.807, 2.05) is 12.1 Å². The number of hydrogen-bond acceptors (Lipinski definition) is 4. The molecule has 0 bridgehead atoms. The molecule has 180 valence electrons. The second kappa shape index (κ2) is 9.37. The summed E-state index contributed by atoms with van der Waals surface area (Å²) in [7, 11) is 0. The summed E-state index contributed by atoms with van der Waals surface area (Å²) in [5, 5.41) is 4.57. The predicted molar refractivity (Wildman–Crippen MR) is 133 cm³/mol. The Morgan fingerprint density at radius 1 is 1.29 bits per heavy atom. The summed E-state index contributed by atoms with van der Waals surface area (Å²) in [4.78, 5) is 12.6. The molecule has 0 aliphatic carbocycles. The van der Waals surface area contributed by atoms with Crippen molar-refractivity contribution in [3.63, 3.8) is 0 Å². The van der Waals surface area contributed by atoms with Crippen molar-refractivity contribution in [3.8, 4) is 0 Å². The smallest absolute Gasteiger partial charge is 0.149 e. The molecule has 0 amide bonds. The summed E-state index contributed by atoms with van der Waals surface area (Å²) >= 11 is 0. The summed E-state index contributed by atoms with van der Waals surface area (Å²) in [6.45, 7) is 10.7. The molecule has 1 aromatic carbocycles. The Balaban J connectivity index is 1.45. The molecule has 34 heavy (non-hydrogen) atoms. The van der Waals surface area contributed by atoms with E-state index in [2.05, 4.69) is 57.6 Å². The maximum Gasteiger partial charge on any atom is 0.149 e. The third kappa shape index (κ3) is 4.06. The number of likely N-dealkylation sites (tertiary alicyclic amines) is 1. The van der Waals surface area contributed by atoms with Crippen molar-refractivity contribution >= 4 is 16.6 Å². The highest BCUT2D eigenvalue weighted by molar-refractivity contribution is 5.85. The normalized spacial score (nSPS) is 20.9. The van der Waals surface area contributed by atoms with E-state index in [4.69, 9.17) is 0 Å². The molecule has 5 nitrogen and oxygen atoms in total. The van der Waals surface area contributed by atoms with Gasteiger partial charge in [-0.15, -0.1) is 0 Å². The standard InChI is InChI=1S/C27H33F2N5/c1-4-17(2)34-18(3)12-22-21-8-5-6-9-24(21)32-25(22)27(34)26-23(29)13-19(14-30-26)31-20-15-33(16-20)11-7-10-28/h5-6,8-9,13-14,18,20,27,31-32H,2,4,7,10-12,15-16H2,1,3H3/t18-,27+/m1/s1. The third-order valence-electron chi connectivity index (χ3n) is 7.21. The number of anilines is 1. The third-order valence-corrected chi connectivity index (χ3v) is 7.21. The number of fused-ring (bicyclic) bond motifs is 3. The number of nitrogens with one attached hydrogen (secondary N) is 2. The molecule has 2 aliphatic heterocycles. The van der Waals surface area contributed by atoms with E-state index in [0.29, 0.717) is 17.8 Å². The summed E-state index contributed by atoms with van der Waals surface area (Å²) in [5.41, 5.74) is 5.38. The lowest BCUT2D eigenvalue weighted by molar-refractivity contribution is 0.155. The largest absolute Gasteiger partial charge is 0.378 e. The predicted octanol–water partition coefficient (Wildman–Crippen LogP) is 5.42. The number of halogens is 2. The van der Waals surface area contributed by atoms with Crippen LogP contribution < -0.4 is 5.32 Å². The average molecular weight is 466 g/mol. The van der Waals surface area contributed by atoms with Crippen molar-refractivity contribution in [2.45, 2.75) is 51.2 Å². The fraction of sp³-hybridized carbons (Fsp3) is 0.444. The molecular formula is C27H33F2N5. The summed E-state index contributed by atoms with van der Waals surface area (Å²) in [5.74, 6) is -0.323. The monoisotopic (exact) mass is 465 g/mol. The van der Waals surface area contributed by atoms with E-state index in [-0.39, 0.29) is 30.6 Å². The van der Waals surface area contributed by atoms with Gasteiger partial charge in [-0.25, -0.2) is 4.39 Å². The summed E-state index contributed by atoms with van der Waals surface area (Å²) in [6.07, 6.45) is 3.96. The van der Waals surface area contributed by atoms with Crippen LogP contribution in [0.2, 0.25) is 0 Å². The maximum absolute atomic E-state index is 15.6. The van der Waals surface area contributed by atoms with E-state index in [9.17, 15) is 4.39 Å². The molecular weight excluding hydrogens is 432 g/mol. The molecule has 2 aromatic heterocycles. The molecule has 5 rings (SSSR count). The van der Waals surface area contributed by atoms with Gasteiger partial charge in [0.25, 0.3) is 0 Å². The minimum Gasteiger partial charge on any atom is -0.378 e. The number of hydrogen-bond donors (Lipinski definition) is 2. The van der Waals surface area contributed by atoms with Gasteiger partial charge in [0.15, 0.2) is 0 Å². The van der Waals surface area contributed by atoms with Gasteiger partial charge in [-0.3, -0.25) is 14.3 Å². The zero-order valence-electron chi connectivity index (χ0n) is 20.0. The second-order valence-corrected chi connectivity index (χ2v) is 9.58. The highest BCUT2D eigenvalue weighted by Gasteiger charge is 2.38. The first-order valence-corrected chi connectivity index (χ1v) is 12.3. The minimum atomic E-state index is -0.354. The summed E-state index contributed by atoms with van der Waals surface area (Å²) in [6, 6.07) is 9.88. The van der Waals surface area contributed by atoms with E-state index < -0.39 is 0 Å². The lowest BCUT2D eigenvalue weighted by Crippen LogP contribution is -2.54. The number of pyridine rings is 1. The van der Waals surface area contributed by atoms with Gasteiger partial charge in [0.1, 0.15) is 17.6 Å². The minimum absolute atomic E-state index is 0.174. The molecule has 2 aliphatic rings. The zero-order valence-corrected chi connectivity index (χ0v) is 20.0. The molecule has 1 fully saturated rings.